The molecule has 0 saturated carbocycles. The Labute approximate surface area is 122 Å². The fourth-order valence-corrected chi connectivity index (χ4v) is 3.22. The fraction of sp³-hybridized carbons (Fsp3) is 0.875. The van der Waals surface area contributed by atoms with E-state index < -0.39 is 11.1 Å². The van der Waals surface area contributed by atoms with E-state index in [2.05, 4.69) is 27.7 Å². The van der Waals surface area contributed by atoms with Gasteiger partial charge in [-0.3, -0.25) is 4.79 Å². The van der Waals surface area contributed by atoms with Gasteiger partial charge in [-0.1, -0.05) is 27.7 Å². The third-order valence-electron chi connectivity index (χ3n) is 4.21. The van der Waals surface area contributed by atoms with Gasteiger partial charge in [-0.15, -0.1) is 0 Å². The minimum Gasteiger partial charge on any atom is -0.444 e. The standard InChI is InChI=1S/C16H29NO3/c1-11(2)16(12(3)4)10-13(18)8-9-17(16)14(19)20-15(5,6)7/h11-12H,8-10H2,1-7H3. The van der Waals surface area contributed by atoms with E-state index in [4.69, 9.17) is 4.74 Å². The van der Waals surface area contributed by atoms with Gasteiger partial charge < -0.3 is 9.64 Å². The maximum Gasteiger partial charge on any atom is 0.410 e. The highest BCUT2D eigenvalue weighted by atomic mass is 16.6. The lowest BCUT2D eigenvalue weighted by molar-refractivity contribution is -0.130. The van der Waals surface area contributed by atoms with Crippen LogP contribution in [0.2, 0.25) is 0 Å². The Morgan fingerprint density at radius 3 is 2.10 bits per heavy atom. The van der Waals surface area contributed by atoms with Crippen molar-refractivity contribution in [2.75, 3.05) is 6.54 Å². The molecule has 0 aliphatic carbocycles. The van der Waals surface area contributed by atoms with Gasteiger partial charge in [0.1, 0.15) is 11.4 Å². The lowest BCUT2D eigenvalue weighted by Gasteiger charge is -2.52. The van der Waals surface area contributed by atoms with Crippen LogP contribution in [0.15, 0.2) is 0 Å². The summed E-state index contributed by atoms with van der Waals surface area (Å²) >= 11 is 0. The van der Waals surface area contributed by atoms with Crippen molar-refractivity contribution in [3.63, 3.8) is 0 Å². The Morgan fingerprint density at radius 2 is 1.70 bits per heavy atom. The molecule has 0 atom stereocenters. The second-order valence-corrected chi connectivity index (χ2v) is 7.40. The molecule has 0 bridgehead atoms. The fourth-order valence-electron chi connectivity index (χ4n) is 3.22. The number of hydrogen-bond acceptors (Lipinski definition) is 3. The number of carbonyl (C=O) groups excluding carboxylic acids is 2. The van der Waals surface area contributed by atoms with E-state index in [1.165, 1.54) is 0 Å². The lowest BCUT2D eigenvalue weighted by atomic mass is 9.70. The first-order valence-electron chi connectivity index (χ1n) is 7.53. The van der Waals surface area contributed by atoms with Gasteiger partial charge in [0.05, 0.1) is 5.54 Å². The van der Waals surface area contributed by atoms with Crippen molar-refractivity contribution >= 4 is 11.9 Å². The van der Waals surface area contributed by atoms with Gasteiger partial charge in [-0.05, 0) is 32.6 Å². The van der Waals surface area contributed by atoms with E-state index >= 15 is 0 Å². The molecule has 1 aliphatic rings. The number of hydrogen-bond donors (Lipinski definition) is 0. The minimum atomic E-state index is -0.516. The van der Waals surface area contributed by atoms with Crippen molar-refractivity contribution in [2.45, 2.75) is 72.4 Å². The van der Waals surface area contributed by atoms with E-state index in [9.17, 15) is 9.59 Å². The number of piperidine rings is 1. The van der Waals surface area contributed by atoms with Crippen LogP contribution in [0.4, 0.5) is 4.79 Å². The summed E-state index contributed by atoms with van der Waals surface area (Å²) in [5.41, 5.74) is -0.949. The Balaban J connectivity index is 3.13. The first kappa shape index (κ1) is 17.0. The lowest BCUT2D eigenvalue weighted by Crippen LogP contribution is -2.63. The Kier molecular flexibility index (Phi) is 4.88. The number of amides is 1. The molecule has 0 aromatic carbocycles. The van der Waals surface area contributed by atoms with Crippen LogP contribution in [0.25, 0.3) is 0 Å². The van der Waals surface area contributed by atoms with Crippen LogP contribution in [0.3, 0.4) is 0 Å². The second kappa shape index (κ2) is 5.74. The summed E-state index contributed by atoms with van der Waals surface area (Å²) in [4.78, 5) is 26.3. The van der Waals surface area contributed by atoms with Crippen LogP contribution >= 0.6 is 0 Å². The van der Waals surface area contributed by atoms with E-state index in [1.807, 2.05) is 20.8 Å². The molecule has 0 aromatic heterocycles. The molecule has 1 heterocycles. The minimum absolute atomic E-state index is 0.208. The van der Waals surface area contributed by atoms with Crippen LogP contribution in [-0.2, 0) is 9.53 Å². The zero-order chi connectivity index (χ0) is 15.7. The third-order valence-corrected chi connectivity index (χ3v) is 4.21. The summed E-state index contributed by atoms with van der Waals surface area (Å²) < 4.78 is 5.54. The average molecular weight is 283 g/mol. The van der Waals surface area contributed by atoms with E-state index in [0.717, 1.165) is 0 Å². The topological polar surface area (TPSA) is 46.6 Å². The molecule has 0 spiro atoms. The summed E-state index contributed by atoms with van der Waals surface area (Å²) in [6, 6.07) is 0. The second-order valence-electron chi connectivity index (χ2n) is 7.40. The van der Waals surface area contributed by atoms with Crippen molar-refractivity contribution in [1.29, 1.82) is 0 Å². The molecule has 0 N–H and O–H groups in total. The molecule has 4 heteroatoms. The van der Waals surface area contributed by atoms with Gasteiger partial charge >= 0.3 is 6.09 Å². The molecular formula is C16H29NO3. The summed E-state index contributed by atoms with van der Waals surface area (Å²) in [6.07, 6.45) is 0.564. The Morgan fingerprint density at radius 1 is 1.20 bits per heavy atom. The van der Waals surface area contributed by atoms with Crippen LogP contribution in [0.1, 0.15) is 61.3 Å². The average Bonchev–Trinajstić information content (AvgIpc) is 2.25. The predicted octanol–water partition coefficient (Wildman–Crippen LogP) is 3.64. The van der Waals surface area contributed by atoms with Gasteiger partial charge in [0.15, 0.2) is 0 Å². The van der Waals surface area contributed by atoms with Gasteiger partial charge in [0, 0.05) is 19.4 Å². The molecule has 0 radical (unpaired) electrons. The molecule has 0 unspecified atom stereocenters. The van der Waals surface area contributed by atoms with Gasteiger partial charge in [0.25, 0.3) is 0 Å². The maximum atomic E-state index is 12.5. The zero-order valence-electron chi connectivity index (χ0n) is 13.9. The quantitative estimate of drug-likeness (QED) is 0.777. The highest BCUT2D eigenvalue weighted by Crippen LogP contribution is 2.40. The summed E-state index contributed by atoms with van der Waals surface area (Å²) in [6.45, 7) is 14.4. The number of carbonyl (C=O) groups is 2. The molecule has 1 aliphatic heterocycles. The number of Topliss-reactive ketones (excluding diaryl/α,β-unsaturated/α-hetero) is 1. The summed E-state index contributed by atoms with van der Waals surface area (Å²) in [5.74, 6) is 0.658. The zero-order valence-corrected chi connectivity index (χ0v) is 13.9. The molecule has 0 aromatic rings. The van der Waals surface area contributed by atoms with Crippen LogP contribution in [0.5, 0.6) is 0 Å². The largest absolute Gasteiger partial charge is 0.444 e. The summed E-state index contributed by atoms with van der Waals surface area (Å²) in [5, 5.41) is 0. The predicted molar refractivity (Wildman–Crippen MR) is 79.6 cm³/mol. The van der Waals surface area contributed by atoms with Crippen LogP contribution in [0, 0.1) is 11.8 Å². The first-order valence-corrected chi connectivity index (χ1v) is 7.53. The number of rotatable bonds is 2. The summed E-state index contributed by atoms with van der Waals surface area (Å²) in [7, 11) is 0. The molecule has 1 fully saturated rings. The first-order chi connectivity index (χ1) is 9.00. The molecule has 1 amide bonds. The van der Waals surface area contributed by atoms with Gasteiger partial charge in [0.2, 0.25) is 0 Å². The smallest absolute Gasteiger partial charge is 0.410 e. The van der Waals surface area contributed by atoms with Crippen molar-refractivity contribution in [1.82, 2.24) is 4.90 Å². The van der Waals surface area contributed by atoms with Gasteiger partial charge in [-0.25, -0.2) is 4.79 Å². The van der Waals surface area contributed by atoms with Crippen molar-refractivity contribution in [3.8, 4) is 0 Å². The van der Waals surface area contributed by atoms with Crippen LogP contribution in [-0.4, -0.2) is 34.5 Å². The maximum absolute atomic E-state index is 12.5. The van der Waals surface area contributed by atoms with Crippen molar-refractivity contribution in [2.24, 2.45) is 11.8 Å². The molecule has 116 valence electrons. The normalized spacial score (nSPS) is 19.6. The molecule has 1 rings (SSSR count). The molecular weight excluding hydrogens is 254 g/mol. The van der Waals surface area contributed by atoms with E-state index in [0.29, 0.717) is 19.4 Å². The molecule has 1 saturated heterocycles. The molecule has 20 heavy (non-hydrogen) atoms. The Bertz CT molecular complexity index is 372. The number of ketones is 1. The van der Waals surface area contributed by atoms with Crippen LogP contribution < -0.4 is 0 Å². The van der Waals surface area contributed by atoms with Crippen molar-refractivity contribution < 1.29 is 14.3 Å². The van der Waals surface area contributed by atoms with E-state index in [1.54, 1.807) is 4.90 Å². The molecule has 4 nitrogen and oxygen atoms in total. The number of nitrogens with zero attached hydrogens (tertiary/aromatic N) is 1. The highest BCUT2D eigenvalue weighted by Gasteiger charge is 2.49. The Hall–Kier alpha value is -1.06. The number of ether oxygens (including phenoxy) is 1. The number of likely N-dealkylation sites (tertiary alicyclic amines) is 1. The van der Waals surface area contributed by atoms with Crippen molar-refractivity contribution in [3.05, 3.63) is 0 Å². The SMILES string of the molecule is CC(C)C1(C(C)C)CC(=O)CCN1C(=O)OC(C)(C)C. The monoisotopic (exact) mass is 283 g/mol. The van der Waals surface area contributed by atoms with E-state index in [-0.39, 0.29) is 23.7 Å². The van der Waals surface area contributed by atoms with Gasteiger partial charge in [-0.2, -0.15) is 0 Å². The highest BCUT2D eigenvalue weighted by molar-refractivity contribution is 5.83. The third kappa shape index (κ3) is 3.33.